The summed E-state index contributed by atoms with van der Waals surface area (Å²) in [5.41, 5.74) is 1.65. The number of hydrogen-bond donors (Lipinski definition) is 0. The number of piperidine rings is 1. The fourth-order valence-electron chi connectivity index (χ4n) is 4.14. The van der Waals surface area contributed by atoms with Crippen LogP contribution in [0.1, 0.15) is 18.4 Å². The normalized spacial score (nSPS) is 22.9. The smallest absolute Gasteiger partial charge is 0.102 e. The summed E-state index contributed by atoms with van der Waals surface area (Å²) < 4.78 is 14.0. The van der Waals surface area contributed by atoms with Crippen LogP contribution < -0.4 is 48.0 Å². The largest absolute Gasteiger partial charge is 1.00 e. The first-order chi connectivity index (χ1) is 11.9. The maximum Gasteiger partial charge on any atom is 0.102 e. The van der Waals surface area contributed by atoms with Crippen molar-refractivity contribution in [2.75, 3.05) is 80.3 Å². The molecule has 2 aliphatic heterocycles. The minimum absolute atomic E-state index is 0. The van der Waals surface area contributed by atoms with Gasteiger partial charge in [0.2, 0.25) is 0 Å². The van der Waals surface area contributed by atoms with Gasteiger partial charge in [-0.1, -0.05) is 30.3 Å². The first-order valence-corrected chi connectivity index (χ1v) is 9.80. The van der Waals surface area contributed by atoms with Gasteiger partial charge in [0, 0.05) is 18.3 Å². The number of rotatable bonds is 6. The second-order valence-corrected chi connectivity index (χ2v) is 8.98. The van der Waals surface area contributed by atoms with E-state index in [2.05, 4.69) is 51.5 Å². The van der Waals surface area contributed by atoms with Crippen molar-refractivity contribution in [2.45, 2.75) is 18.3 Å². The summed E-state index contributed by atoms with van der Waals surface area (Å²) in [6.07, 6.45) is 2.42. The zero-order chi connectivity index (χ0) is 17.8. The van der Waals surface area contributed by atoms with E-state index >= 15 is 0 Å². The van der Waals surface area contributed by atoms with Crippen LogP contribution >= 0.6 is 0 Å². The predicted octanol–water partition coefficient (Wildman–Crippen LogP) is -3.70. The van der Waals surface area contributed by atoms with Crippen molar-refractivity contribution in [3.05, 3.63) is 35.9 Å². The molecule has 156 valence electrons. The molecule has 0 radical (unpaired) electrons. The van der Waals surface area contributed by atoms with Gasteiger partial charge < -0.3 is 66.4 Å². The molecule has 2 aliphatic rings. The fraction of sp³-hybridized carbons (Fsp3) is 0.714. The molecular formula is C21H36I2N2O2. The number of halogens is 2. The van der Waals surface area contributed by atoms with Crippen molar-refractivity contribution in [2.24, 2.45) is 0 Å². The predicted molar refractivity (Wildman–Crippen MR) is 102 cm³/mol. The first-order valence-electron chi connectivity index (χ1n) is 9.80. The Morgan fingerprint density at radius 1 is 0.926 bits per heavy atom. The molecule has 0 aromatic heterocycles. The second-order valence-electron chi connectivity index (χ2n) is 8.98. The summed E-state index contributed by atoms with van der Waals surface area (Å²) in [4.78, 5) is 0. The van der Waals surface area contributed by atoms with E-state index in [0.29, 0.717) is 0 Å². The molecule has 0 amide bonds. The molecule has 27 heavy (non-hydrogen) atoms. The van der Waals surface area contributed by atoms with E-state index in [1.807, 2.05) is 0 Å². The molecule has 2 heterocycles. The van der Waals surface area contributed by atoms with Crippen LogP contribution in [0.15, 0.2) is 30.3 Å². The highest BCUT2D eigenvalue weighted by Gasteiger charge is 2.40. The van der Waals surface area contributed by atoms with Crippen LogP contribution in [-0.4, -0.2) is 89.3 Å². The highest BCUT2D eigenvalue weighted by Crippen LogP contribution is 2.37. The summed E-state index contributed by atoms with van der Waals surface area (Å²) in [6.45, 7) is 9.24. The number of likely N-dealkylation sites (N-methyl/N-ethyl adjacent to an activating group) is 1. The van der Waals surface area contributed by atoms with E-state index in [1.165, 1.54) is 31.5 Å². The van der Waals surface area contributed by atoms with Crippen LogP contribution in [0, 0.1) is 0 Å². The quantitative estimate of drug-likeness (QED) is 0.190. The second kappa shape index (κ2) is 11.1. The molecule has 0 atom stereocenters. The number of morpholine rings is 1. The average Bonchev–Trinajstić information content (AvgIpc) is 2.62. The standard InChI is InChI=1S/C21H36N2O2.2HI/c1-22(2)11-9-21(10-12-22,20-7-5-4-6-8-20)19-25-18-15-23(3)13-16-24-17-14-23;;/h4-8H,9-19H2,1-3H3;2*1H/q+2;;/p-2. The number of hydrogen-bond acceptors (Lipinski definition) is 2. The van der Waals surface area contributed by atoms with Crippen molar-refractivity contribution >= 4 is 0 Å². The van der Waals surface area contributed by atoms with Gasteiger partial charge in [-0.05, 0) is 5.56 Å². The number of quaternary nitrogens is 2. The molecule has 1 aromatic rings. The first kappa shape index (κ1) is 25.6. The molecule has 0 unspecified atom stereocenters. The Balaban J connectivity index is 0.00000182. The lowest BCUT2D eigenvalue weighted by molar-refractivity contribution is -0.917. The van der Waals surface area contributed by atoms with Crippen molar-refractivity contribution in [1.29, 1.82) is 0 Å². The Kier molecular flexibility index (Phi) is 10.5. The molecule has 2 saturated heterocycles. The van der Waals surface area contributed by atoms with Gasteiger partial charge >= 0.3 is 0 Å². The fourth-order valence-corrected chi connectivity index (χ4v) is 4.14. The molecule has 0 spiro atoms. The van der Waals surface area contributed by atoms with Crippen molar-refractivity contribution < 1.29 is 66.4 Å². The molecule has 1 aromatic carbocycles. The lowest BCUT2D eigenvalue weighted by Gasteiger charge is -2.45. The van der Waals surface area contributed by atoms with Crippen molar-refractivity contribution in [3.8, 4) is 0 Å². The Labute approximate surface area is 199 Å². The summed E-state index contributed by atoms with van der Waals surface area (Å²) in [7, 11) is 7.03. The van der Waals surface area contributed by atoms with E-state index in [9.17, 15) is 0 Å². The third kappa shape index (κ3) is 7.06. The van der Waals surface area contributed by atoms with Crippen LogP contribution in [0.5, 0.6) is 0 Å². The zero-order valence-electron chi connectivity index (χ0n) is 17.1. The van der Waals surface area contributed by atoms with Gasteiger partial charge in [-0.2, -0.15) is 0 Å². The third-order valence-electron chi connectivity index (χ3n) is 6.48. The van der Waals surface area contributed by atoms with Crippen LogP contribution in [-0.2, 0) is 14.9 Å². The highest BCUT2D eigenvalue weighted by atomic mass is 127. The molecule has 0 saturated carbocycles. The SMILES string of the molecule is C[N+]1(C)CCC(COCC[N+]2(C)CCOCC2)(c2ccccc2)CC1.[I-].[I-]. The summed E-state index contributed by atoms with van der Waals surface area (Å²) in [6, 6.07) is 11.1. The molecule has 0 aliphatic carbocycles. The van der Waals surface area contributed by atoms with E-state index in [1.54, 1.807) is 0 Å². The number of nitrogens with zero attached hydrogens (tertiary/aromatic N) is 2. The van der Waals surface area contributed by atoms with Gasteiger partial charge in [-0.3, -0.25) is 0 Å². The molecule has 0 bridgehead atoms. The molecule has 2 fully saturated rings. The van der Waals surface area contributed by atoms with Crippen LogP contribution in [0.4, 0.5) is 0 Å². The maximum atomic E-state index is 6.30. The average molecular weight is 602 g/mol. The Hall–Kier alpha value is 0.520. The van der Waals surface area contributed by atoms with Gasteiger partial charge in [-0.15, -0.1) is 0 Å². The van der Waals surface area contributed by atoms with Crippen LogP contribution in [0.2, 0.25) is 0 Å². The van der Waals surface area contributed by atoms with Crippen LogP contribution in [0.3, 0.4) is 0 Å². The lowest BCUT2D eigenvalue weighted by Crippen LogP contribution is -3.00. The van der Waals surface area contributed by atoms with Crippen molar-refractivity contribution in [1.82, 2.24) is 0 Å². The number of ether oxygens (including phenoxy) is 2. The van der Waals surface area contributed by atoms with Crippen LogP contribution in [0.25, 0.3) is 0 Å². The van der Waals surface area contributed by atoms with E-state index in [0.717, 1.165) is 55.0 Å². The number of benzene rings is 1. The molecule has 3 rings (SSSR count). The summed E-state index contributed by atoms with van der Waals surface area (Å²) in [5.74, 6) is 0. The van der Waals surface area contributed by atoms with Gasteiger partial charge in [0.15, 0.2) is 0 Å². The Morgan fingerprint density at radius 2 is 1.52 bits per heavy atom. The number of likely N-dealkylation sites (tertiary alicyclic amines) is 1. The molecule has 4 nitrogen and oxygen atoms in total. The van der Waals surface area contributed by atoms with E-state index < -0.39 is 0 Å². The summed E-state index contributed by atoms with van der Waals surface area (Å²) >= 11 is 0. The van der Waals surface area contributed by atoms with Gasteiger partial charge in [-0.25, -0.2) is 0 Å². The topological polar surface area (TPSA) is 18.5 Å². The zero-order valence-corrected chi connectivity index (χ0v) is 21.4. The highest BCUT2D eigenvalue weighted by molar-refractivity contribution is 5.26. The van der Waals surface area contributed by atoms with Gasteiger partial charge in [0.05, 0.1) is 60.7 Å². The van der Waals surface area contributed by atoms with Gasteiger partial charge in [0.25, 0.3) is 0 Å². The Morgan fingerprint density at radius 3 is 2.11 bits per heavy atom. The molecular weight excluding hydrogens is 566 g/mol. The molecule has 6 heteroatoms. The minimum Gasteiger partial charge on any atom is -1.00 e. The van der Waals surface area contributed by atoms with E-state index in [4.69, 9.17) is 9.47 Å². The maximum absolute atomic E-state index is 6.30. The monoisotopic (exact) mass is 602 g/mol. The van der Waals surface area contributed by atoms with Crippen molar-refractivity contribution in [3.63, 3.8) is 0 Å². The molecule has 0 N–H and O–H groups in total. The van der Waals surface area contributed by atoms with Gasteiger partial charge in [0.1, 0.15) is 19.6 Å². The third-order valence-corrected chi connectivity index (χ3v) is 6.48. The van der Waals surface area contributed by atoms with E-state index in [-0.39, 0.29) is 53.4 Å². The summed E-state index contributed by atoms with van der Waals surface area (Å²) in [5, 5.41) is 0. The Bertz CT molecular complexity index is 538. The minimum atomic E-state index is 0. The lowest BCUT2D eigenvalue weighted by atomic mass is 9.73.